The molecule has 1 fully saturated rings. The first-order valence-electron chi connectivity index (χ1n) is 5.24. The second kappa shape index (κ2) is 2.44. The number of H-pyrrole nitrogens is 2. The summed E-state index contributed by atoms with van der Waals surface area (Å²) in [7, 11) is 0. The van der Waals surface area contributed by atoms with Gasteiger partial charge in [-0.25, -0.2) is 0 Å². The molecule has 2 unspecified atom stereocenters. The topological polar surface area (TPSA) is 83.1 Å². The van der Waals surface area contributed by atoms with Crippen molar-refractivity contribution in [2.45, 2.75) is 25.2 Å². The van der Waals surface area contributed by atoms with Crippen LogP contribution in [0.2, 0.25) is 0 Å². The largest absolute Gasteiger partial charge is 0.281 e. The first-order chi connectivity index (χ1) is 7.43. The number of fused-ring (bicyclic) bond motifs is 3. The number of nitrogens with zero attached hydrogens (tertiary/aromatic N) is 4. The second-order valence-electron chi connectivity index (χ2n) is 4.35. The standard InChI is InChI=1S/C9H10N6/c1-2-5-4(1)3-6-7(5)10-11-8(6)9-12-14-15-13-9/h4-5H,1-3H2,(H,10,11)(H,12,13,14,15). The van der Waals surface area contributed by atoms with Crippen molar-refractivity contribution < 1.29 is 0 Å². The molecule has 2 aliphatic rings. The highest BCUT2D eigenvalue weighted by Gasteiger charge is 2.42. The highest BCUT2D eigenvalue weighted by molar-refractivity contribution is 5.58. The Kier molecular flexibility index (Phi) is 1.23. The zero-order valence-corrected chi connectivity index (χ0v) is 8.06. The molecule has 2 heterocycles. The molecule has 2 aliphatic carbocycles. The molecule has 15 heavy (non-hydrogen) atoms. The molecule has 0 saturated heterocycles. The third kappa shape index (κ3) is 0.841. The lowest BCUT2D eigenvalue weighted by atomic mass is 9.75. The van der Waals surface area contributed by atoms with Gasteiger partial charge in [-0.1, -0.05) is 0 Å². The molecule has 0 amide bonds. The molecule has 4 rings (SSSR count). The molecule has 0 radical (unpaired) electrons. The summed E-state index contributed by atoms with van der Waals surface area (Å²) in [6, 6.07) is 0. The number of rotatable bonds is 1. The van der Waals surface area contributed by atoms with E-state index in [2.05, 4.69) is 30.8 Å². The minimum absolute atomic E-state index is 0.605. The SMILES string of the molecule is C1CC2c3[nH]nc(-c4nn[nH]n4)c3CC12. The molecule has 6 heteroatoms. The van der Waals surface area contributed by atoms with Crippen LogP contribution < -0.4 is 0 Å². The van der Waals surface area contributed by atoms with E-state index in [9.17, 15) is 0 Å². The lowest BCUT2D eigenvalue weighted by Gasteiger charge is -2.29. The molecule has 6 nitrogen and oxygen atoms in total. The average molecular weight is 202 g/mol. The fourth-order valence-electron chi connectivity index (χ4n) is 2.79. The van der Waals surface area contributed by atoms with E-state index in [0.717, 1.165) is 18.0 Å². The molecule has 0 spiro atoms. The Hall–Kier alpha value is -1.72. The lowest BCUT2D eigenvalue weighted by Crippen LogP contribution is -2.19. The Morgan fingerprint density at radius 2 is 2.20 bits per heavy atom. The quantitative estimate of drug-likeness (QED) is 0.710. The maximum absolute atomic E-state index is 4.29. The molecule has 2 aromatic heterocycles. The average Bonchev–Trinajstić information content (AvgIpc) is 2.83. The molecular formula is C9H10N6. The summed E-state index contributed by atoms with van der Waals surface area (Å²) in [5.74, 6) is 2.15. The highest BCUT2D eigenvalue weighted by Crippen LogP contribution is 2.51. The van der Waals surface area contributed by atoms with Crippen LogP contribution in [-0.2, 0) is 6.42 Å². The fraction of sp³-hybridized carbons (Fsp3) is 0.556. The van der Waals surface area contributed by atoms with Crippen LogP contribution in [0.1, 0.15) is 30.0 Å². The molecule has 76 valence electrons. The number of tetrazole rings is 1. The normalized spacial score (nSPS) is 27.2. The van der Waals surface area contributed by atoms with Gasteiger partial charge in [0, 0.05) is 17.2 Å². The Morgan fingerprint density at radius 3 is 2.93 bits per heavy atom. The Morgan fingerprint density at radius 1 is 1.20 bits per heavy atom. The van der Waals surface area contributed by atoms with Crippen molar-refractivity contribution in [3.8, 4) is 11.5 Å². The van der Waals surface area contributed by atoms with Crippen LogP contribution in [0.5, 0.6) is 0 Å². The smallest absolute Gasteiger partial charge is 0.225 e. The van der Waals surface area contributed by atoms with E-state index in [1.807, 2.05) is 0 Å². The maximum atomic E-state index is 4.29. The predicted octanol–water partition coefficient (Wildman–Crippen LogP) is 0.639. The van der Waals surface area contributed by atoms with E-state index in [1.165, 1.54) is 24.1 Å². The van der Waals surface area contributed by atoms with Gasteiger partial charge in [-0.15, -0.1) is 10.2 Å². The van der Waals surface area contributed by atoms with E-state index in [-0.39, 0.29) is 0 Å². The van der Waals surface area contributed by atoms with Gasteiger partial charge < -0.3 is 0 Å². The van der Waals surface area contributed by atoms with Crippen molar-refractivity contribution in [1.82, 2.24) is 30.8 Å². The predicted molar refractivity (Wildman–Crippen MR) is 50.9 cm³/mol. The Labute approximate surface area is 85.5 Å². The number of hydrogen-bond acceptors (Lipinski definition) is 4. The van der Waals surface area contributed by atoms with Crippen molar-refractivity contribution in [3.63, 3.8) is 0 Å². The number of aromatic nitrogens is 6. The van der Waals surface area contributed by atoms with Gasteiger partial charge in [0.2, 0.25) is 5.82 Å². The molecule has 2 N–H and O–H groups in total. The van der Waals surface area contributed by atoms with Crippen LogP contribution in [0.3, 0.4) is 0 Å². The van der Waals surface area contributed by atoms with Gasteiger partial charge in [-0.3, -0.25) is 5.10 Å². The van der Waals surface area contributed by atoms with Crippen molar-refractivity contribution in [3.05, 3.63) is 11.3 Å². The van der Waals surface area contributed by atoms with Gasteiger partial charge in [0.05, 0.1) is 0 Å². The lowest BCUT2D eigenvalue weighted by molar-refractivity contribution is 0.275. The fourth-order valence-corrected chi connectivity index (χ4v) is 2.79. The Bertz CT molecular complexity index is 499. The molecular weight excluding hydrogens is 192 g/mol. The van der Waals surface area contributed by atoms with Gasteiger partial charge >= 0.3 is 0 Å². The third-order valence-electron chi connectivity index (χ3n) is 3.71. The molecule has 2 aromatic rings. The van der Waals surface area contributed by atoms with Gasteiger partial charge in [-0.05, 0) is 30.4 Å². The van der Waals surface area contributed by atoms with Crippen LogP contribution >= 0.6 is 0 Å². The van der Waals surface area contributed by atoms with E-state index < -0.39 is 0 Å². The third-order valence-corrected chi connectivity index (χ3v) is 3.71. The summed E-state index contributed by atoms with van der Waals surface area (Å²) in [5, 5.41) is 21.4. The van der Waals surface area contributed by atoms with Crippen molar-refractivity contribution >= 4 is 0 Å². The summed E-state index contributed by atoms with van der Waals surface area (Å²) in [6.45, 7) is 0. The van der Waals surface area contributed by atoms with E-state index in [0.29, 0.717) is 11.7 Å². The molecule has 2 atom stereocenters. The summed E-state index contributed by atoms with van der Waals surface area (Å²) in [5.41, 5.74) is 3.50. The van der Waals surface area contributed by atoms with Crippen LogP contribution in [0, 0.1) is 5.92 Å². The van der Waals surface area contributed by atoms with Crippen LogP contribution in [0.4, 0.5) is 0 Å². The van der Waals surface area contributed by atoms with Gasteiger partial charge in [-0.2, -0.15) is 10.3 Å². The molecule has 1 saturated carbocycles. The second-order valence-corrected chi connectivity index (χ2v) is 4.35. The van der Waals surface area contributed by atoms with E-state index in [1.54, 1.807) is 0 Å². The zero-order valence-electron chi connectivity index (χ0n) is 8.06. The van der Waals surface area contributed by atoms with Crippen LogP contribution in [0.15, 0.2) is 0 Å². The molecule has 0 aliphatic heterocycles. The van der Waals surface area contributed by atoms with Crippen LogP contribution in [0.25, 0.3) is 11.5 Å². The van der Waals surface area contributed by atoms with Crippen LogP contribution in [-0.4, -0.2) is 30.8 Å². The number of aromatic amines is 2. The minimum Gasteiger partial charge on any atom is -0.281 e. The summed E-state index contributed by atoms with van der Waals surface area (Å²) in [6.07, 6.45) is 3.77. The van der Waals surface area contributed by atoms with Crippen molar-refractivity contribution in [2.75, 3.05) is 0 Å². The van der Waals surface area contributed by atoms with Crippen molar-refractivity contribution in [2.24, 2.45) is 5.92 Å². The van der Waals surface area contributed by atoms with Gasteiger partial charge in [0.15, 0.2) is 0 Å². The maximum Gasteiger partial charge on any atom is 0.225 e. The molecule has 0 aromatic carbocycles. The number of nitrogens with one attached hydrogen (secondary N) is 2. The first kappa shape index (κ1) is 7.56. The zero-order chi connectivity index (χ0) is 9.83. The summed E-state index contributed by atoms with van der Waals surface area (Å²) >= 11 is 0. The number of hydrogen-bond donors (Lipinski definition) is 2. The summed E-state index contributed by atoms with van der Waals surface area (Å²) in [4.78, 5) is 0. The monoisotopic (exact) mass is 202 g/mol. The first-order valence-corrected chi connectivity index (χ1v) is 5.24. The Balaban J connectivity index is 1.86. The highest BCUT2D eigenvalue weighted by atomic mass is 15.5. The summed E-state index contributed by atoms with van der Waals surface area (Å²) < 4.78 is 0. The van der Waals surface area contributed by atoms with E-state index >= 15 is 0 Å². The minimum atomic E-state index is 0.605. The van der Waals surface area contributed by atoms with E-state index in [4.69, 9.17) is 0 Å². The van der Waals surface area contributed by atoms with Gasteiger partial charge in [0.1, 0.15) is 5.69 Å². The van der Waals surface area contributed by atoms with Crippen molar-refractivity contribution in [1.29, 1.82) is 0 Å². The molecule has 0 bridgehead atoms. The van der Waals surface area contributed by atoms with Gasteiger partial charge in [0.25, 0.3) is 0 Å².